The maximum Gasteiger partial charge on any atom is 0.380 e. The number of fused-ring (bicyclic) bond motifs is 2. The minimum absolute atomic E-state index is 0.181. The molecule has 2 fully saturated rings. The Balaban J connectivity index is 1.31. The highest BCUT2D eigenvalue weighted by Crippen LogP contribution is 2.49. The van der Waals surface area contributed by atoms with Crippen LogP contribution >= 0.6 is 0 Å². The molecular formula is C29H27FN4O4. The lowest BCUT2D eigenvalue weighted by atomic mass is 9.74. The van der Waals surface area contributed by atoms with Crippen molar-refractivity contribution in [2.24, 2.45) is 10.6 Å². The molecular weight excluding hydrogens is 487 g/mol. The van der Waals surface area contributed by atoms with Crippen LogP contribution in [-0.2, 0) is 37.7 Å². The number of nitrogens with zero attached hydrogens (tertiary/aromatic N) is 4. The van der Waals surface area contributed by atoms with Gasteiger partial charge in [-0.1, -0.05) is 11.2 Å². The first-order chi connectivity index (χ1) is 18.4. The van der Waals surface area contributed by atoms with Gasteiger partial charge in [-0.05, 0) is 84.9 Å². The van der Waals surface area contributed by atoms with E-state index < -0.39 is 17.5 Å². The van der Waals surface area contributed by atoms with E-state index in [1.807, 2.05) is 24.3 Å². The average Bonchev–Trinajstić information content (AvgIpc) is 3.48. The Morgan fingerprint density at radius 2 is 1.92 bits per heavy atom. The Kier molecular flexibility index (Phi) is 5.03. The van der Waals surface area contributed by atoms with Crippen molar-refractivity contribution in [3.8, 4) is 5.69 Å². The largest absolute Gasteiger partial charge is 0.464 e. The number of esters is 1. The van der Waals surface area contributed by atoms with Crippen LogP contribution in [0, 0.1) is 18.2 Å². The van der Waals surface area contributed by atoms with E-state index in [2.05, 4.69) is 32.9 Å². The second-order valence-electron chi connectivity index (χ2n) is 10.6. The number of imidazole rings is 1. The highest BCUT2D eigenvalue weighted by molar-refractivity contribution is 6.06. The summed E-state index contributed by atoms with van der Waals surface area (Å²) in [6, 6.07) is 10.00. The molecule has 1 atom stereocenters. The van der Waals surface area contributed by atoms with Crippen molar-refractivity contribution in [1.82, 2.24) is 14.5 Å². The molecule has 1 unspecified atom stereocenters. The number of aromatic nitrogens is 2. The quantitative estimate of drug-likeness (QED) is 0.492. The Hall–Kier alpha value is -3.98. The van der Waals surface area contributed by atoms with Gasteiger partial charge < -0.3 is 18.9 Å². The number of hydrogen-bond acceptors (Lipinski definition) is 7. The van der Waals surface area contributed by atoms with Gasteiger partial charge >= 0.3 is 11.7 Å². The summed E-state index contributed by atoms with van der Waals surface area (Å²) in [5.74, 6) is -0.411. The highest BCUT2D eigenvalue weighted by atomic mass is 19.1. The number of carbonyl (C=O) groups excluding carboxylic acids is 1. The molecule has 38 heavy (non-hydrogen) atoms. The smallest absolute Gasteiger partial charge is 0.380 e. The first kappa shape index (κ1) is 23.2. The van der Waals surface area contributed by atoms with Crippen molar-refractivity contribution in [3.63, 3.8) is 0 Å². The molecule has 4 aliphatic rings. The minimum Gasteiger partial charge on any atom is -0.464 e. The van der Waals surface area contributed by atoms with Gasteiger partial charge in [0, 0.05) is 29.4 Å². The van der Waals surface area contributed by atoms with Gasteiger partial charge in [0.05, 0.1) is 32.3 Å². The summed E-state index contributed by atoms with van der Waals surface area (Å²) < 4.78 is 26.7. The molecule has 194 valence electrons. The normalized spacial score (nSPS) is 23.7. The van der Waals surface area contributed by atoms with E-state index in [1.165, 1.54) is 30.4 Å². The summed E-state index contributed by atoms with van der Waals surface area (Å²) in [7, 11) is 1.32. The highest BCUT2D eigenvalue weighted by Gasteiger charge is 2.61. The molecule has 2 saturated heterocycles. The number of hydrogen-bond donors (Lipinski definition) is 0. The predicted octanol–water partition coefficient (Wildman–Crippen LogP) is 3.89. The standard InChI is InChI=1S/C29H27FN4O4/c1-18-13-33(17-31-18)25-10-3-19(23-8-9-24(23)25)11-20-12-28(15-37-16-28)14-34-26(20)32-38-29(34,27(35)36-2)21-4-6-22(30)7-5-21/h3-7,10-11,13,17H,8-9,12,14-16H2,1-2H3/b20-11+. The van der Waals surface area contributed by atoms with Crippen LogP contribution in [0.3, 0.4) is 0 Å². The van der Waals surface area contributed by atoms with Gasteiger partial charge in [-0.15, -0.1) is 0 Å². The van der Waals surface area contributed by atoms with Crippen LogP contribution in [0.4, 0.5) is 4.39 Å². The lowest BCUT2D eigenvalue weighted by Gasteiger charge is -2.50. The van der Waals surface area contributed by atoms with E-state index >= 15 is 0 Å². The van der Waals surface area contributed by atoms with Crippen LogP contribution in [0.2, 0.25) is 0 Å². The number of halogens is 1. The van der Waals surface area contributed by atoms with E-state index in [0.717, 1.165) is 41.8 Å². The number of piperidine rings is 1. The Morgan fingerprint density at radius 3 is 2.55 bits per heavy atom. The fourth-order valence-corrected chi connectivity index (χ4v) is 6.10. The zero-order valence-electron chi connectivity index (χ0n) is 21.2. The van der Waals surface area contributed by atoms with Crippen LogP contribution < -0.4 is 0 Å². The molecule has 9 heteroatoms. The second kappa shape index (κ2) is 8.26. The van der Waals surface area contributed by atoms with Gasteiger partial charge in [-0.3, -0.25) is 4.90 Å². The van der Waals surface area contributed by atoms with Crippen LogP contribution in [-0.4, -0.2) is 53.1 Å². The topological polar surface area (TPSA) is 78.2 Å². The number of carbonyl (C=O) groups is 1. The number of methoxy groups -OCH3 is 1. The fourth-order valence-electron chi connectivity index (χ4n) is 6.10. The molecule has 4 heterocycles. The van der Waals surface area contributed by atoms with E-state index in [1.54, 1.807) is 12.1 Å². The molecule has 0 bridgehead atoms. The molecule has 1 spiro atoms. The summed E-state index contributed by atoms with van der Waals surface area (Å²) in [6.07, 6.45) is 8.84. The fraction of sp³-hybridized carbons (Fsp3) is 0.345. The molecule has 3 aromatic rings. The van der Waals surface area contributed by atoms with Crippen molar-refractivity contribution in [1.29, 1.82) is 0 Å². The molecule has 2 aromatic carbocycles. The van der Waals surface area contributed by atoms with E-state index in [4.69, 9.17) is 14.3 Å². The summed E-state index contributed by atoms with van der Waals surface area (Å²) in [5, 5.41) is 4.45. The molecule has 0 amide bonds. The minimum atomic E-state index is -1.63. The molecule has 8 nitrogen and oxygen atoms in total. The molecule has 0 N–H and O–H groups in total. The molecule has 0 radical (unpaired) electrons. The van der Waals surface area contributed by atoms with Crippen LogP contribution in [0.5, 0.6) is 0 Å². The first-order valence-corrected chi connectivity index (χ1v) is 12.8. The van der Waals surface area contributed by atoms with Crippen molar-refractivity contribution in [2.75, 3.05) is 26.9 Å². The van der Waals surface area contributed by atoms with Gasteiger partial charge in [-0.2, -0.15) is 0 Å². The molecule has 3 aliphatic heterocycles. The van der Waals surface area contributed by atoms with E-state index in [0.29, 0.717) is 31.2 Å². The van der Waals surface area contributed by atoms with Crippen molar-refractivity contribution in [3.05, 3.63) is 88.3 Å². The second-order valence-corrected chi connectivity index (χ2v) is 10.6. The molecule has 1 aromatic heterocycles. The zero-order valence-corrected chi connectivity index (χ0v) is 21.2. The zero-order chi connectivity index (χ0) is 26.1. The van der Waals surface area contributed by atoms with Crippen LogP contribution in [0.15, 0.2) is 59.7 Å². The summed E-state index contributed by atoms with van der Waals surface area (Å²) in [6.45, 7) is 3.64. The number of aryl methyl sites for hydroxylation is 1. The molecule has 7 rings (SSSR count). The third-order valence-corrected chi connectivity index (χ3v) is 8.15. The first-order valence-electron chi connectivity index (χ1n) is 12.8. The maximum atomic E-state index is 13.8. The van der Waals surface area contributed by atoms with Gasteiger partial charge in [0.15, 0.2) is 5.84 Å². The maximum absolute atomic E-state index is 13.8. The predicted molar refractivity (Wildman–Crippen MR) is 137 cm³/mol. The van der Waals surface area contributed by atoms with Gasteiger partial charge in [0.25, 0.3) is 0 Å². The summed E-state index contributed by atoms with van der Waals surface area (Å²) >= 11 is 0. The van der Waals surface area contributed by atoms with Gasteiger partial charge in [0.1, 0.15) is 5.82 Å². The Bertz CT molecular complexity index is 1520. The Morgan fingerprint density at radius 1 is 1.13 bits per heavy atom. The summed E-state index contributed by atoms with van der Waals surface area (Å²) in [5.41, 5.74) is 5.55. The summed E-state index contributed by atoms with van der Waals surface area (Å²) in [4.78, 5) is 25.6. The lowest BCUT2D eigenvalue weighted by Crippen LogP contribution is -2.62. The number of ether oxygens (including phenoxy) is 2. The Labute approximate surface area is 219 Å². The lowest BCUT2D eigenvalue weighted by molar-refractivity contribution is -0.198. The molecule has 0 saturated carbocycles. The third-order valence-electron chi connectivity index (χ3n) is 8.15. The molecule has 1 aliphatic carbocycles. The number of rotatable bonds is 4. The van der Waals surface area contributed by atoms with Crippen molar-refractivity contribution in [2.45, 2.75) is 31.9 Å². The van der Waals surface area contributed by atoms with Crippen molar-refractivity contribution < 1.29 is 23.5 Å². The van der Waals surface area contributed by atoms with Gasteiger partial charge in [0.2, 0.25) is 0 Å². The SMILES string of the molecule is COC(=O)C1(c2ccc(F)cc2)ON=C2/C(=C/c3ccc(-n4cnc(C)c4)c4c3CC4)CC3(COC3)CN21. The number of benzene rings is 2. The van der Waals surface area contributed by atoms with Crippen LogP contribution in [0.1, 0.15) is 34.4 Å². The number of oxime groups is 1. The number of amidine groups is 1. The van der Waals surface area contributed by atoms with E-state index in [9.17, 15) is 9.18 Å². The van der Waals surface area contributed by atoms with Crippen LogP contribution in [0.25, 0.3) is 11.8 Å². The van der Waals surface area contributed by atoms with Crippen molar-refractivity contribution >= 4 is 17.9 Å². The van der Waals surface area contributed by atoms with Gasteiger partial charge in [-0.25, -0.2) is 14.2 Å². The van der Waals surface area contributed by atoms with E-state index in [-0.39, 0.29) is 5.41 Å². The monoisotopic (exact) mass is 514 g/mol. The third kappa shape index (κ3) is 3.27. The average molecular weight is 515 g/mol.